The lowest BCUT2D eigenvalue weighted by molar-refractivity contribution is -0.140. The SMILES string of the molecule is CN(CC1CC2CCC(C1)N2)C(=O)C1CCCO1. The third kappa shape index (κ3) is 2.54. The van der Waals surface area contributed by atoms with Crippen LogP contribution in [0, 0.1) is 5.92 Å². The van der Waals surface area contributed by atoms with Gasteiger partial charge in [-0.05, 0) is 44.4 Å². The van der Waals surface area contributed by atoms with Crippen LogP contribution in [-0.4, -0.2) is 49.2 Å². The quantitative estimate of drug-likeness (QED) is 0.819. The van der Waals surface area contributed by atoms with Gasteiger partial charge in [0.2, 0.25) is 0 Å². The number of fused-ring (bicyclic) bond motifs is 2. The van der Waals surface area contributed by atoms with Crippen LogP contribution in [0.5, 0.6) is 0 Å². The minimum atomic E-state index is -0.159. The van der Waals surface area contributed by atoms with E-state index in [0.29, 0.717) is 18.0 Å². The average Bonchev–Trinajstić information content (AvgIpc) is 2.98. The highest BCUT2D eigenvalue weighted by Crippen LogP contribution is 2.31. The fraction of sp³-hybridized carbons (Fsp3) is 0.929. The largest absolute Gasteiger partial charge is 0.368 e. The van der Waals surface area contributed by atoms with Gasteiger partial charge >= 0.3 is 0 Å². The summed E-state index contributed by atoms with van der Waals surface area (Å²) >= 11 is 0. The molecule has 18 heavy (non-hydrogen) atoms. The molecule has 3 aliphatic rings. The Labute approximate surface area is 109 Å². The van der Waals surface area contributed by atoms with Crippen molar-refractivity contribution in [2.45, 2.75) is 56.7 Å². The summed E-state index contributed by atoms with van der Waals surface area (Å²) < 4.78 is 5.48. The molecule has 0 aromatic heterocycles. The van der Waals surface area contributed by atoms with Gasteiger partial charge in [0.05, 0.1) is 0 Å². The van der Waals surface area contributed by atoms with Crippen molar-refractivity contribution in [1.29, 1.82) is 0 Å². The van der Waals surface area contributed by atoms with Crippen LogP contribution < -0.4 is 5.32 Å². The van der Waals surface area contributed by atoms with Gasteiger partial charge in [-0.1, -0.05) is 0 Å². The van der Waals surface area contributed by atoms with Crippen molar-refractivity contribution in [1.82, 2.24) is 10.2 Å². The Bertz CT molecular complexity index is 303. The van der Waals surface area contributed by atoms with Crippen LogP contribution in [-0.2, 0) is 9.53 Å². The zero-order valence-corrected chi connectivity index (χ0v) is 11.2. The van der Waals surface area contributed by atoms with E-state index in [1.165, 1.54) is 25.7 Å². The highest BCUT2D eigenvalue weighted by Gasteiger charge is 2.35. The van der Waals surface area contributed by atoms with Gasteiger partial charge < -0.3 is 15.0 Å². The van der Waals surface area contributed by atoms with Gasteiger partial charge in [-0.2, -0.15) is 0 Å². The summed E-state index contributed by atoms with van der Waals surface area (Å²) in [6.07, 6.45) is 6.89. The van der Waals surface area contributed by atoms with Crippen molar-refractivity contribution in [3.05, 3.63) is 0 Å². The molecule has 102 valence electrons. The molecule has 0 aromatic carbocycles. The fourth-order valence-corrected chi connectivity index (χ4v) is 3.82. The van der Waals surface area contributed by atoms with Gasteiger partial charge in [0.25, 0.3) is 5.91 Å². The Hall–Kier alpha value is -0.610. The Balaban J connectivity index is 1.51. The number of hydrogen-bond acceptors (Lipinski definition) is 3. The van der Waals surface area contributed by atoms with Crippen molar-refractivity contribution in [2.24, 2.45) is 5.92 Å². The fourth-order valence-electron chi connectivity index (χ4n) is 3.82. The number of nitrogens with zero attached hydrogens (tertiary/aromatic N) is 1. The second-order valence-corrected chi connectivity index (χ2v) is 6.20. The molecule has 2 bridgehead atoms. The van der Waals surface area contributed by atoms with Crippen LogP contribution in [0.1, 0.15) is 38.5 Å². The second-order valence-electron chi connectivity index (χ2n) is 6.20. The zero-order chi connectivity index (χ0) is 12.5. The standard InChI is InChI=1S/C14H24N2O2/c1-16(14(17)13-3-2-6-18-13)9-10-7-11-4-5-12(8-10)15-11/h10-13,15H,2-9H2,1H3. The molecule has 3 fully saturated rings. The van der Waals surface area contributed by atoms with Crippen LogP contribution >= 0.6 is 0 Å². The summed E-state index contributed by atoms with van der Waals surface area (Å²) in [5.41, 5.74) is 0. The third-order valence-corrected chi connectivity index (χ3v) is 4.68. The molecule has 3 atom stereocenters. The first kappa shape index (κ1) is 12.4. The number of piperidine rings is 1. The van der Waals surface area contributed by atoms with E-state index in [9.17, 15) is 4.79 Å². The van der Waals surface area contributed by atoms with E-state index in [0.717, 1.165) is 26.0 Å². The summed E-state index contributed by atoms with van der Waals surface area (Å²) in [6.45, 7) is 1.66. The van der Waals surface area contributed by atoms with E-state index < -0.39 is 0 Å². The number of carbonyl (C=O) groups excluding carboxylic acids is 1. The van der Waals surface area contributed by atoms with E-state index in [-0.39, 0.29) is 12.0 Å². The van der Waals surface area contributed by atoms with Gasteiger partial charge in [-0.3, -0.25) is 4.79 Å². The number of ether oxygens (including phenoxy) is 1. The number of carbonyl (C=O) groups is 1. The smallest absolute Gasteiger partial charge is 0.251 e. The Morgan fingerprint density at radius 3 is 2.61 bits per heavy atom. The van der Waals surface area contributed by atoms with Gasteiger partial charge in [-0.15, -0.1) is 0 Å². The lowest BCUT2D eigenvalue weighted by atomic mass is 9.92. The minimum Gasteiger partial charge on any atom is -0.368 e. The maximum atomic E-state index is 12.2. The summed E-state index contributed by atoms with van der Waals surface area (Å²) in [7, 11) is 1.94. The summed E-state index contributed by atoms with van der Waals surface area (Å²) in [4.78, 5) is 14.1. The molecule has 3 heterocycles. The molecule has 1 amide bonds. The lowest BCUT2D eigenvalue weighted by Gasteiger charge is -2.32. The first-order valence-corrected chi connectivity index (χ1v) is 7.35. The Kier molecular flexibility index (Phi) is 3.57. The molecule has 1 N–H and O–H groups in total. The molecule has 3 saturated heterocycles. The minimum absolute atomic E-state index is 0.159. The summed E-state index contributed by atoms with van der Waals surface area (Å²) in [6, 6.07) is 1.42. The van der Waals surface area contributed by atoms with E-state index in [4.69, 9.17) is 4.74 Å². The Morgan fingerprint density at radius 1 is 1.28 bits per heavy atom. The Morgan fingerprint density at radius 2 is 2.00 bits per heavy atom. The molecule has 0 spiro atoms. The monoisotopic (exact) mass is 252 g/mol. The molecule has 4 nitrogen and oxygen atoms in total. The maximum Gasteiger partial charge on any atom is 0.251 e. The second kappa shape index (κ2) is 5.17. The first-order valence-electron chi connectivity index (χ1n) is 7.35. The van der Waals surface area contributed by atoms with Crippen molar-refractivity contribution < 1.29 is 9.53 Å². The molecule has 0 saturated carbocycles. The van der Waals surface area contributed by atoms with Crippen molar-refractivity contribution in [3.63, 3.8) is 0 Å². The molecular weight excluding hydrogens is 228 g/mol. The van der Waals surface area contributed by atoms with Crippen LogP contribution in [0.15, 0.2) is 0 Å². The molecule has 0 radical (unpaired) electrons. The molecule has 0 aliphatic carbocycles. The molecule has 3 rings (SSSR count). The van der Waals surface area contributed by atoms with Crippen LogP contribution in [0.2, 0.25) is 0 Å². The third-order valence-electron chi connectivity index (χ3n) is 4.68. The van der Waals surface area contributed by atoms with Crippen molar-refractivity contribution >= 4 is 5.91 Å². The predicted octanol–water partition coefficient (Wildman–Crippen LogP) is 1.15. The number of amides is 1. The predicted molar refractivity (Wildman–Crippen MR) is 69.3 cm³/mol. The van der Waals surface area contributed by atoms with Gasteiger partial charge in [0.15, 0.2) is 0 Å². The number of rotatable bonds is 3. The number of likely N-dealkylation sites (N-methyl/N-ethyl adjacent to an activating group) is 1. The van der Waals surface area contributed by atoms with Gasteiger partial charge in [0.1, 0.15) is 6.10 Å². The topological polar surface area (TPSA) is 41.6 Å². The molecule has 4 heteroatoms. The molecule has 3 unspecified atom stereocenters. The number of nitrogens with one attached hydrogen (secondary N) is 1. The van der Waals surface area contributed by atoms with E-state index in [1.54, 1.807) is 0 Å². The summed E-state index contributed by atoms with van der Waals surface area (Å²) in [5.74, 6) is 0.873. The maximum absolute atomic E-state index is 12.2. The van der Waals surface area contributed by atoms with Gasteiger partial charge in [0, 0.05) is 32.3 Å². The van der Waals surface area contributed by atoms with Crippen LogP contribution in [0.3, 0.4) is 0 Å². The molecular formula is C14H24N2O2. The van der Waals surface area contributed by atoms with E-state index in [1.807, 2.05) is 11.9 Å². The van der Waals surface area contributed by atoms with E-state index >= 15 is 0 Å². The highest BCUT2D eigenvalue weighted by molar-refractivity contribution is 5.80. The zero-order valence-electron chi connectivity index (χ0n) is 11.2. The first-order chi connectivity index (χ1) is 8.72. The van der Waals surface area contributed by atoms with Gasteiger partial charge in [-0.25, -0.2) is 0 Å². The normalized spacial score (nSPS) is 38.9. The lowest BCUT2D eigenvalue weighted by Crippen LogP contribution is -2.44. The molecule has 3 aliphatic heterocycles. The average molecular weight is 252 g/mol. The van der Waals surface area contributed by atoms with Crippen LogP contribution in [0.4, 0.5) is 0 Å². The summed E-state index contributed by atoms with van der Waals surface area (Å²) in [5, 5.41) is 3.65. The van der Waals surface area contributed by atoms with E-state index in [2.05, 4.69) is 5.32 Å². The highest BCUT2D eigenvalue weighted by atomic mass is 16.5. The van der Waals surface area contributed by atoms with Crippen molar-refractivity contribution in [2.75, 3.05) is 20.2 Å². The molecule has 0 aromatic rings. The van der Waals surface area contributed by atoms with Crippen molar-refractivity contribution in [3.8, 4) is 0 Å². The van der Waals surface area contributed by atoms with Crippen LogP contribution in [0.25, 0.3) is 0 Å². The number of hydrogen-bond donors (Lipinski definition) is 1.